The van der Waals surface area contributed by atoms with E-state index in [9.17, 15) is 0 Å². The number of benzene rings is 9. The van der Waals surface area contributed by atoms with Gasteiger partial charge in [0.1, 0.15) is 0 Å². The summed E-state index contributed by atoms with van der Waals surface area (Å²) in [6, 6.07) is 90.8. The van der Waals surface area contributed by atoms with E-state index in [4.69, 9.17) is 0 Å². The van der Waals surface area contributed by atoms with E-state index in [0.717, 1.165) is 44.9 Å². The average Bonchev–Trinajstić information content (AvgIpc) is 3.74. The molecule has 1 saturated carbocycles. The molecule has 4 atom stereocenters. The predicted molar refractivity (Wildman–Crippen MR) is 297 cm³/mol. The van der Waals surface area contributed by atoms with Crippen LogP contribution >= 0.6 is 0 Å². The zero-order valence-corrected chi connectivity index (χ0v) is 46.5. The molecule has 0 nitrogen and oxygen atoms in total. The summed E-state index contributed by atoms with van der Waals surface area (Å²) < 4.78 is 0.453. The number of rotatable bonds is 16. The van der Waals surface area contributed by atoms with E-state index in [2.05, 4.69) is 281 Å². The summed E-state index contributed by atoms with van der Waals surface area (Å²) in [6.07, 6.45) is 16.2. The van der Waals surface area contributed by atoms with E-state index in [1.54, 1.807) is 15.6 Å². The van der Waals surface area contributed by atoms with Crippen LogP contribution in [-0.4, -0.2) is 8.07 Å². The third-order valence-corrected chi connectivity index (χ3v) is 22.3. The molecule has 74 heavy (non-hydrogen) atoms. The normalized spacial score (nSPS) is 16.6. The summed E-state index contributed by atoms with van der Waals surface area (Å²) in [5.74, 6) is 0.983. The Morgan fingerprint density at radius 3 is 0.797 bits per heavy atom. The molecule has 0 spiro atoms. The van der Waals surface area contributed by atoms with Crippen molar-refractivity contribution in [2.75, 3.05) is 0 Å². The molecule has 0 bridgehead atoms. The molecule has 0 heterocycles. The van der Waals surface area contributed by atoms with Gasteiger partial charge in [-0.2, -0.15) is 0 Å². The van der Waals surface area contributed by atoms with Crippen LogP contribution in [0.5, 0.6) is 0 Å². The first kappa shape index (κ1) is 54.5. The second kappa shape index (κ2) is 25.7. The van der Waals surface area contributed by atoms with Crippen molar-refractivity contribution >= 4 is 23.6 Å². The first-order valence-corrected chi connectivity index (χ1v) is 28.7. The Kier molecular flexibility index (Phi) is 18.9. The van der Waals surface area contributed by atoms with Crippen molar-refractivity contribution in [1.29, 1.82) is 0 Å². The maximum absolute atomic E-state index is 3.10. The summed E-state index contributed by atoms with van der Waals surface area (Å²) in [4.78, 5) is 0. The summed E-state index contributed by atoms with van der Waals surface area (Å²) in [5.41, 5.74) is 16.9. The van der Waals surface area contributed by atoms with Crippen LogP contribution in [0, 0.1) is 11.8 Å². The topological polar surface area (TPSA) is 0 Å². The molecule has 0 saturated heterocycles. The molecular weight excluding hydrogens is 1010 g/mol. The van der Waals surface area contributed by atoms with Crippen LogP contribution in [0.25, 0.3) is 0 Å². The molecule has 9 aromatic carbocycles. The van der Waals surface area contributed by atoms with E-state index in [1.807, 2.05) is 0 Å². The van der Waals surface area contributed by atoms with Crippen molar-refractivity contribution in [2.24, 2.45) is 11.8 Å². The molecule has 0 aliphatic heterocycles. The van der Waals surface area contributed by atoms with Crippen LogP contribution in [0.2, 0.25) is 9.76 Å². The fraction of sp³-hybridized carbons (Fsp3) is 0.159. The maximum atomic E-state index is 2.70. The number of hydrogen-bond acceptors (Lipinski definition) is 0. The molecular formula is C69H61Cl3SiTi. The van der Waals surface area contributed by atoms with E-state index in [-0.39, 0.29) is 37.2 Å². The molecule has 0 radical (unpaired) electrons. The Labute approximate surface area is 471 Å². The van der Waals surface area contributed by atoms with Gasteiger partial charge in [-0.15, -0.1) is 0 Å². The molecule has 0 aromatic heterocycles. The van der Waals surface area contributed by atoms with Crippen LogP contribution in [-0.2, 0) is 59.0 Å². The molecule has 2 aliphatic carbocycles. The third kappa shape index (κ3) is 12.7. The first-order chi connectivity index (χ1) is 35.0. The second-order valence-electron chi connectivity index (χ2n) is 20.3. The van der Waals surface area contributed by atoms with Crippen LogP contribution < -0.4 is 52.8 Å². The zero-order chi connectivity index (χ0) is 47.8. The van der Waals surface area contributed by atoms with E-state index >= 15 is 0 Å². The number of allylic oxidation sites excluding steroid dienone is 4. The van der Waals surface area contributed by atoms with Crippen LogP contribution in [0.15, 0.2) is 261 Å². The van der Waals surface area contributed by atoms with E-state index < -0.39 is 8.07 Å². The van der Waals surface area contributed by atoms with Gasteiger partial charge in [0.05, 0.1) is 0 Å². The van der Waals surface area contributed by atoms with Gasteiger partial charge in [0, 0.05) is 0 Å². The number of halogens is 3. The van der Waals surface area contributed by atoms with Crippen molar-refractivity contribution in [3.63, 3.8) is 0 Å². The fourth-order valence-corrected chi connectivity index (χ4v) is 20.3. The predicted octanol–water partition coefficient (Wildman–Crippen LogP) is 5.18. The van der Waals surface area contributed by atoms with Crippen LogP contribution in [0.1, 0.15) is 73.2 Å². The molecule has 11 rings (SSSR count). The van der Waals surface area contributed by atoms with Gasteiger partial charge >= 0.3 is 438 Å². The van der Waals surface area contributed by atoms with Gasteiger partial charge in [0.15, 0.2) is 0 Å². The molecule has 4 unspecified atom stereocenters. The minimum absolute atomic E-state index is 0. The Morgan fingerprint density at radius 2 is 0.554 bits per heavy atom. The van der Waals surface area contributed by atoms with E-state index in [1.165, 1.54) is 66.8 Å². The van der Waals surface area contributed by atoms with Crippen molar-refractivity contribution in [1.82, 2.24) is 0 Å². The van der Waals surface area contributed by atoms with Gasteiger partial charge in [-0.3, -0.25) is 0 Å². The van der Waals surface area contributed by atoms with Gasteiger partial charge in [0.25, 0.3) is 0 Å². The summed E-state index contributed by atoms with van der Waals surface area (Å²) in [5, 5.41) is 4.64. The standard InChI is InChI=1S/C69H61Si.3ClH.Ti/c1-7-21-52(22-8-1)35-58-41-59(36-53-23-9-2-10-24-53)45-66(44-58)70(69-50-64-33-19-20-34-65(64)51-69,67-46-60(37-54-25-11-3-12-26-54)42-61(47-67)38-55-27-13-4-14-28-55)68-48-62(39-56-29-15-5-16-30-56)43-63(49-68)40-57-31-17-6-18-32-57;;;;/h1-34,41-50,64-65,69H,35-40,51H2;3*1H;/q;;;;+3/p-3. The SMILES string of the molecule is [Cl-].[Cl-].[Cl-].[Ti+3][CH]1C2C=CC=CC2CC1[Si](c1cc(Cc2ccccc2)cc(Cc2ccccc2)c1)(c1cc(Cc2ccccc2)cc(Cc2ccccc2)c1)c1cc(Cc2ccccc2)cc(Cc2ccccc2)c1. The fourth-order valence-electron chi connectivity index (χ4n) is 12.2. The molecule has 0 amide bonds. The Hall–Kier alpha value is -5.74. The summed E-state index contributed by atoms with van der Waals surface area (Å²) >= 11 is 2.62. The van der Waals surface area contributed by atoms with Gasteiger partial charge in [-0.1, -0.05) is 0 Å². The average molecular weight is 1070 g/mol. The van der Waals surface area contributed by atoms with Crippen LogP contribution in [0.3, 0.4) is 0 Å². The van der Waals surface area contributed by atoms with Gasteiger partial charge in [0.2, 0.25) is 0 Å². The van der Waals surface area contributed by atoms with Crippen LogP contribution in [0.4, 0.5) is 0 Å². The van der Waals surface area contributed by atoms with Crippen molar-refractivity contribution in [3.8, 4) is 0 Å². The Morgan fingerprint density at radius 1 is 0.311 bits per heavy atom. The Bertz CT molecular complexity index is 2760. The molecule has 1 fully saturated rings. The van der Waals surface area contributed by atoms with Crippen molar-refractivity contribution in [3.05, 3.63) is 328 Å². The molecule has 9 aromatic rings. The molecule has 5 heteroatoms. The third-order valence-electron chi connectivity index (χ3n) is 15.3. The quantitative estimate of drug-likeness (QED) is 0.0926. The summed E-state index contributed by atoms with van der Waals surface area (Å²) in [6.45, 7) is 0. The van der Waals surface area contributed by atoms with Gasteiger partial charge < -0.3 is 37.2 Å². The van der Waals surface area contributed by atoms with Gasteiger partial charge in [-0.25, -0.2) is 0 Å². The second-order valence-corrected chi connectivity index (χ2v) is 25.4. The summed E-state index contributed by atoms with van der Waals surface area (Å²) in [7, 11) is -3.10. The van der Waals surface area contributed by atoms with E-state index in [0.29, 0.717) is 21.6 Å². The molecule has 366 valence electrons. The minimum atomic E-state index is -3.10. The molecule has 0 N–H and O–H groups in total. The Balaban J connectivity index is 0.00000243. The zero-order valence-electron chi connectivity index (χ0n) is 41.7. The van der Waals surface area contributed by atoms with Gasteiger partial charge in [-0.05, 0) is 0 Å². The number of hydrogen-bond donors (Lipinski definition) is 0. The van der Waals surface area contributed by atoms with Crippen molar-refractivity contribution in [2.45, 2.75) is 54.7 Å². The van der Waals surface area contributed by atoms with Crippen molar-refractivity contribution < 1.29 is 57.7 Å². The monoisotopic (exact) mass is 1070 g/mol. The number of fused-ring (bicyclic) bond motifs is 1. The molecule has 2 aliphatic rings. The first-order valence-electron chi connectivity index (χ1n) is 25.7.